The van der Waals surface area contributed by atoms with Crippen LogP contribution in [0.4, 0.5) is 0 Å². The fourth-order valence-corrected chi connectivity index (χ4v) is 4.34. The molecule has 2 heterocycles. The minimum Gasteiger partial charge on any atom is -0.352 e. The fourth-order valence-electron chi connectivity index (χ4n) is 4.34. The molecule has 0 saturated carbocycles. The quantitative estimate of drug-likeness (QED) is 0.462. The molecule has 0 atom stereocenters. The summed E-state index contributed by atoms with van der Waals surface area (Å²) >= 11 is 0. The molecular weight excluding hydrogens is 412 g/mol. The molecular formula is C27H30N4O2. The first kappa shape index (κ1) is 22.5. The normalized spacial score (nSPS) is 11.2. The molecule has 1 N–H and O–H groups in total. The summed E-state index contributed by atoms with van der Waals surface area (Å²) in [7, 11) is 0. The van der Waals surface area contributed by atoms with Crippen molar-refractivity contribution >= 4 is 16.9 Å². The molecule has 0 fully saturated rings. The summed E-state index contributed by atoms with van der Waals surface area (Å²) in [4.78, 5) is 26.0. The number of para-hydroxylation sites is 1. The van der Waals surface area contributed by atoms with Crippen LogP contribution in [0.15, 0.2) is 59.4 Å². The molecule has 0 bridgehead atoms. The average Bonchev–Trinajstić information content (AvgIpc) is 3.16. The maximum Gasteiger partial charge on any atom is 0.255 e. The Labute approximate surface area is 193 Å². The first-order valence-electron chi connectivity index (χ1n) is 11.4. The highest BCUT2D eigenvalue weighted by molar-refractivity contribution is 5.85. The standard InChI is InChI=1S/C27H30N4O2/c1-5-30-26-25(20(4)29-31(26)22-9-7-6-8-10-22)19(3)23(27(30)33)15-16-24(32)28-17-21-13-11-18(2)12-14-21/h6-14H,5,15-17H2,1-4H3,(H,28,32). The predicted octanol–water partition coefficient (Wildman–Crippen LogP) is 4.38. The Hall–Kier alpha value is -3.67. The van der Waals surface area contributed by atoms with E-state index in [9.17, 15) is 9.59 Å². The van der Waals surface area contributed by atoms with Crippen molar-refractivity contribution in [2.45, 2.75) is 53.6 Å². The topological polar surface area (TPSA) is 68.9 Å². The van der Waals surface area contributed by atoms with Crippen molar-refractivity contribution in [2.24, 2.45) is 0 Å². The van der Waals surface area contributed by atoms with E-state index in [4.69, 9.17) is 5.10 Å². The van der Waals surface area contributed by atoms with Crippen LogP contribution in [0.3, 0.4) is 0 Å². The molecule has 6 nitrogen and oxygen atoms in total. The van der Waals surface area contributed by atoms with Crippen LogP contribution in [0.25, 0.3) is 16.7 Å². The molecule has 6 heteroatoms. The van der Waals surface area contributed by atoms with E-state index in [-0.39, 0.29) is 17.9 Å². The zero-order valence-corrected chi connectivity index (χ0v) is 19.7. The summed E-state index contributed by atoms with van der Waals surface area (Å²) in [6.07, 6.45) is 0.666. The molecule has 2 aromatic heterocycles. The van der Waals surface area contributed by atoms with E-state index < -0.39 is 0 Å². The second kappa shape index (κ2) is 9.45. The lowest BCUT2D eigenvalue weighted by atomic mass is 10.0. The van der Waals surface area contributed by atoms with E-state index in [0.717, 1.165) is 33.5 Å². The molecule has 170 valence electrons. The van der Waals surface area contributed by atoms with Crippen molar-refractivity contribution in [3.8, 4) is 5.69 Å². The van der Waals surface area contributed by atoms with Crippen molar-refractivity contribution in [1.29, 1.82) is 0 Å². The number of fused-ring (bicyclic) bond motifs is 1. The number of carbonyl (C=O) groups is 1. The Bertz CT molecular complexity index is 1350. The van der Waals surface area contributed by atoms with Gasteiger partial charge in [-0.05, 0) is 57.4 Å². The van der Waals surface area contributed by atoms with Crippen molar-refractivity contribution < 1.29 is 4.79 Å². The number of aryl methyl sites for hydroxylation is 4. The maximum atomic E-state index is 13.4. The Balaban J connectivity index is 1.62. The molecule has 0 saturated heterocycles. The minimum absolute atomic E-state index is 0.0501. The lowest BCUT2D eigenvalue weighted by Gasteiger charge is -2.14. The van der Waals surface area contributed by atoms with Crippen LogP contribution in [0.5, 0.6) is 0 Å². The van der Waals surface area contributed by atoms with Crippen LogP contribution in [0.1, 0.15) is 41.3 Å². The summed E-state index contributed by atoms with van der Waals surface area (Å²) in [5.41, 5.74) is 6.38. The lowest BCUT2D eigenvalue weighted by molar-refractivity contribution is -0.121. The van der Waals surface area contributed by atoms with Gasteiger partial charge in [-0.2, -0.15) is 5.10 Å². The van der Waals surface area contributed by atoms with Gasteiger partial charge in [-0.1, -0.05) is 48.0 Å². The van der Waals surface area contributed by atoms with Gasteiger partial charge in [0.05, 0.1) is 11.4 Å². The lowest BCUT2D eigenvalue weighted by Crippen LogP contribution is -2.28. The number of hydrogen-bond acceptors (Lipinski definition) is 3. The second-order valence-electron chi connectivity index (χ2n) is 8.45. The van der Waals surface area contributed by atoms with Crippen molar-refractivity contribution in [3.63, 3.8) is 0 Å². The summed E-state index contributed by atoms with van der Waals surface area (Å²) in [5, 5.41) is 8.70. The van der Waals surface area contributed by atoms with E-state index in [2.05, 4.69) is 5.32 Å². The number of nitrogens with one attached hydrogen (secondary N) is 1. The van der Waals surface area contributed by atoms with Crippen molar-refractivity contribution in [1.82, 2.24) is 19.7 Å². The van der Waals surface area contributed by atoms with E-state index in [1.807, 2.05) is 87.0 Å². The molecule has 33 heavy (non-hydrogen) atoms. The Kier molecular flexibility index (Phi) is 6.45. The highest BCUT2D eigenvalue weighted by Gasteiger charge is 2.21. The van der Waals surface area contributed by atoms with Gasteiger partial charge < -0.3 is 5.32 Å². The molecule has 4 aromatic rings. The number of pyridine rings is 1. The van der Waals surface area contributed by atoms with Gasteiger partial charge in [-0.15, -0.1) is 0 Å². The van der Waals surface area contributed by atoms with Crippen LogP contribution in [0, 0.1) is 20.8 Å². The molecule has 1 amide bonds. The average molecular weight is 443 g/mol. The molecule has 0 unspecified atom stereocenters. The van der Waals surface area contributed by atoms with Crippen molar-refractivity contribution in [3.05, 3.63) is 92.9 Å². The highest BCUT2D eigenvalue weighted by Crippen LogP contribution is 2.26. The van der Waals surface area contributed by atoms with Gasteiger partial charge in [0, 0.05) is 30.5 Å². The number of amides is 1. The molecule has 0 radical (unpaired) electrons. The molecule has 2 aromatic carbocycles. The number of carbonyl (C=O) groups excluding carboxylic acids is 1. The number of hydrogen-bond donors (Lipinski definition) is 1. The predicted molar refractivity (Wildman–Crippen MR) is 132 cm³/mol. The van der Waals surface area contributed by atoms with E-state index in [1.165, 1.54) is 5.56 Å². The Morgan fingerprint density at radius 3 is 2.36 bits per heavy atom. The van der Waals surface area contributed by atoms with Gasteiger partial charge in [0.2, 0.25) is 5.91 Å². The number of rotatable bonds is 7. The maximum absolute atomic E-state index is 13.4. The minimum atomic E-state index is -0.0609. The largest absolute Gasteiger partial charge is 0.352 e. The van der Waals surface area contributed by atoms with Gasteiger partial charge in [0.1, 0.15) is 5.65 Å². The number of nitrogens with zero attached hydrogens (tertiary/aromatic N) is 3. The Morgan fingerprint density at radius 2 is 1.70 bits per heavy atom. The molecule has 0 aliphatic rings. The van der Waals surface area contributed by atoms with E-state index in [1.54, 1.807) is 4.57 Å². The van der Waals surface area contributed by atoms with Gasteiger partial charge in [-0.3, -0.25) is 14.2 Å². The fraction of sp³-hybridized carbons (Fsp3) is 0.296. The zero-order chi connectivity index (χ0) is 23.5. The van der Waals surface area contributed by atoms with Crippen molar-refractivity contribution in [2.75, 3.05) is 0 Å². The van der Waals surface area contributed by atoms with Gasteiger partial charge in [0.15, 0.2) is 0 Å². The molecule has 0 spiro atoms. The van der Waals surface area contributed by atoms with Gasteiger partial charge in [0.25, 0.3) is 5.56 Å². The number of aromatic nitrogens is 3. The first-order valence-corrected chi connectivity index (χ1v) is 11.4. The van der Waals surface area contributed by atoms with Crippen LogP contribution >= 0.6 is 0 Å². The molecule has 0 aliphatic heterocycles. The van der Waals surface area contributed by atoms with E-state index in [0.29, 0.717) is 25.1 Å². The third-order valence-corrected chi connectivity index (χ3v) is 6.15. The smallest absolute Gasteiger partial charge is 0.255 e. The van der Waals surface area contributed by atoms with Crippen LogP contribution in [0.2, 0.25) is 0 Å². The van der Waals surface area contributed by atoms with Gasteiger partial charge in [-0.25, -0.2) is 4.68 Å². The Morgan fingerprint density at radius 1 is 1.00 bits per heavy atom. The second-order valence-corrected chi connectivity index (χ2v) is 8.45. The molecule has 4 rings (SSSR count). The summed E-state index contributed by atoms with van der Waals surface area (Å²) < 4.78 is 3.62. The zero-order valence-electron chi connectivity index (χ0n) is 19.7. The number of benzene rings is 2. The summed E-state index contributed by atoms with van der Waals surface area (Å²) in [6.45, 7) is 8.95. The SMILES string of the molecule is CCn1c(=O)c(CCC(=O)NCc2ccc(C)cc2)c(C)c2c(C)nn(-c3ccccc3)c21. The highest BCUT2D eigenvalue weighted by atomic mass is 16.1. The van der Waals surface area contributed by atoms with Crippen LogP contribution in [-0.2, 0) is 24.3 Å². The molecule has 0 aliphatic carbocycles. The first-order chi connectivity index (χ1) is 15.9. The van der Waals surface area contributed by atoms with Crippen LogP contribution < -0.4 is 10.9 Å². The van der Waals surface area contributed by atoms with E-state index >= 15 is 0 Å². The van der Waals surface area contributed by atoms with Gasteiger partial charge >= 0.3 is 0 Å². The summed E-state index contributed by atoms with van der Waals surface area (Å²) in [6, 6.07) is 17.9. The third kappa shape index (κ3) is 4.46. The monoisotopic (exact) mass is 442 g/mol. The van der Waals surface area contributed by atoms with Crippen LogP contribution in [-0.4, -0.2) is 20.3 Å². The summed E-state index contributed by atoms with van der Waals surface area (Å²) in [5.74, 6) is -0.0609. The third-order valence-electron chi connectivity index (χ3n) is 6.15.